The zero-order chi connectivity index (χ0) is 12.7. The maximum atomic E-state index is 3.66. The van der Waals surface area contributed by atoms with E-state index in [1.165, 1.54) is 11.1 Å². The minimum atomic E-state index is 1.18. The molecule has 0 heteroatoms. The fraction of sp³-hybridized carbons (Fsp3) is 0.467. The Morgan fingerprint density at radius 2 is 1.13 bits per heavy atom. The van der Waals surface area contributed by atoms with E-state index in [0.717, 1.165) is 0 Å². The minimum Gasteiger partial charge on any atom is -0.0985 e. The van der Waals surface area contributed by atoms with E-state index in [2.05, 4.69) is 37.8 Å². The van der Waals surface area contributed by atoms with Crippen molar-refractivity contribution in [1.82, 2.24) is 0 Å². The summed E-state index contributed by atoms with van der Waals surface area (Å²) in [5.74, 6) is 0. The molecule has 0 aromatic heterocycles. The van der Waals surface area contributed by atoms with Gasteiger partial charge in [0.1, 0.15) is 0 Å². The third-order valence-electron chi connectivity index (χ3n) is 1.31. The second-order valence-electron chi connectivity index (χ2n) is 2.11. The van der Waals surface area contributed by atoms with Crippen LogP contribution in [0.25, 0.3) is 6.08 Å². The summed E-state index contributed by atoms with van der Waals surface area (Å²) in [5, 5.41) is 0. The van der Waals surface area contributed by atoms with E-state index in [-0.39, 0.29) is 0 Å². The van der Waals surface area contributed by atoms with Crippen LogP contribution in [0, 0.1) is 6.92 Å². The molecule has 1 aromatic carbocycles. The second-order valence-corrected chi connectivity index (χ2v) is 2.11. The summed E-state index contributed by atoms with van der Waals surface area (Å²) in [6.07, 6.45) is 1.85. The lowest BCUT2D eigenvalue weighted by molar-refractivity contribution is 1.46. The van der Waals surface area contributed by atoms with Gasteiger partial charge in [-0.25, -0.2) is 0 Å². The Morgan fingerprint density at radius 3 is 1.40 bits per heavy atom. The molecule has 0 spiro atoms. The molecule has 0 aliphatic carbocycles. The van der Waals surface area contributed by atoms with E-state index in [9.17, 15) is 0 Å². The van der Waals surface area contributed by atoms with E-state index in [1.54, 1.807) is 0 Å². The molecule has 0 heterocycles. The number of benzene rings is 1. The van der Waals surface area contributed by atoms with Crippen LogP contribution < -0.4 is 0 Å². The standard InChI is InChI=1S/C9H10.3C2H6/c1-3-9-6-4-8(2)5-7-9;3*1-2/h3-7H,1H2,2H3;3*1-2H3. The van der Waals surface area contributed by atoms with Gasteiger partial charge >= 0.3 is 0 Å². The average Bonchev–Trinajstić information content (AvgIpc) is 2.38. The highest BCUT2D eigenvalue weighted by Gasteiger charge is 1.82. The molecular weight excluding hydrogens is 180 g/mol. The van der Waals surface area contributed by atoms with Crippen LogP contribution in [0.5, 0.6) is 0 Å². The molecule has 0 fully saturated rings. The van der Waals surface area contributed by atoms with Crippen LogP contribution in [0.1, 0.15) is 52.7 Å². The molecule has 1 rings (SSSR count). The Labute approximate surface area is 97.0 Å². The van der Waals surface area contributed by atoms with Crippen molar-refractivity contribution in [3.05, 3.63) is 42.0 Å². The third-order valence-corrected chi connectivity index (χ3v) is 1.31. The van der Waals surface area contributed by atoms with Crippen molar-refractivity contribution in [3.63, 3.8) is 0 Å². The Morgan fingerprint density at radius 1 is 0.800 bits per heavy atom. The summed E-state index contributed by atoms with van der Waals surface area (Å²) < 4.78 is 0. The first-order valence-corrected chi connectivity index (χ1v) is 6.02. The van der Waals surface area contributed by atoms with Gasteiger partial charge in [-0.05, 0) is 12.5 Å². The van der Waals surface area contributed by atoms with Gasteiger partial charge in [0.15, 0.2) is 0 Å². The highest BCUT2D eigenvalue weighted by atomic mass is 13.9. The molecule has 0 saturated carbocycles. The van der Waals surface area contributed by atoms with Crippen molar-refractivity contribution >= 4 is 6.08 Å². The minimum absolute atomic E-state index is 1.18. The van der Waals surface area contributed by atoms with Crippen molar-refractivity contribution < 1.29 is 0 Å². The van der Waals surface area contributed by atoms with Crippen molar-refractivity contribution in [2.75, 3.05) is 0 Å². The summed E-state index contributed by atoms with van der Waals surface area (Å²) >= 11 is 0. The van der Waals surface area contributed by atoms with Crippen LogP contribution in [-0.2, 0) is 0 Å². The highest BCUT2D eigenvalue weighted by Crippen LogP contribution is 2.02. The molecule has 0 unspecified atom stereocenters. The first kappa shape index (κ1) is 19.5. The smallest absolute Gasteiger partial charge is 0.0262 e. The summed E-state index contributed by atoms with van der Waals surface area (Å²) in [6, 6.07) is 8.28. The van der Waals surface area contributed by atoms with Crippen molar-refractivity contribution in [3.8, 4) is 0 Å². The molecule has 88 valence electrons. The SMILES string of the molecule is C=Cc1ccc(C)cc1.CC.CC.CC. The van der Waals surface area contributed by atoms with Crippen LogP contribution in [-0.4, -0.2) is 0 Å². The molecule has 0 amide bonds. The molecule has 0 bridgehead atoms. The molecule has 15 heavy (non-hydrogen) atoms. The molecule has 0 aliphatic heterocycles. The van der Waals surface area contributed by atoms with Crippen LogP contribution in [0.2, 0.25) is 0 Å². The van der Waals surface area contributed by atoms with Crippen LogP contribution >= 0.6 is 0 Å². The lowest BCUT2D eigenvalue weighted by Gasteiger charge is -1.91. The van der Waals surface area contributed by atoms with Gasteiger partial charge in [0.05, 0.1) is 0 Å². The summed E-state index contributed by atoms with van der Waals surface area (Å²) in [7, 11) is 0. The maximum absolute atomic E-state index is 3.66. The molecule has 0 saturated heterocycles. The van der Waals surface area contributed by atoms with Gasteiger partial charge in [0.2, 0.25) is 0 Å². The average molecular weight is 208 g/mol. The maximum Gasteiger partial charge on any atom is -0.0262 e. The van der Waals surface area contributed by atoms with Gasteiger partial charge in [0, 0.05) is 0 Å². The van der Waals surface area contributed by atoms with Gasteiger partial charge in [-0.15, -0.1) is 0 Å². The van der Waals surface area contributed by atoms with Gasteiger partial charge in [-0.2, -0.15) is 0 Å². The summed E-state index contributed by atoms with van der Waals surface area (Å²) in [5.41, 5.74) is 2.47. The molecule has 0 aliphatic rings. The lowest BCUT2D eigenvalue weighted by Crippen LogP contribution is -1.71. The second kappa shape index (κ2) is 18.7. The predicted molar refractivity (Wildman–Crippen MR) is 75.3 cm³/mol. The number of rotatable bonds is 1. The molecule has 1 aromatic rings. The quantitative estimate of drug-likeness (QED) is 0.554. The van der Waals surface area contributed by atoms with Crippen molar-refractivity contribution in [2.45, 2.75) is 48.5 Å². The molecule has 0 nitrogen and oxygen atoms in total. The predicted octanol–water partition coefficient (Wildman–Crippen LogP) is 5.72. The normalized spacial score (nSPS) is 6.60. The van der Waals surface area contributed by atoms with Crippen LogP contribution in [0.4, 0.5) is 0 Å². The van der Waals surface area contributed by atoms with Gasteiger partial charge in [0.25, 0.3) is 0 Å². The zero-order valence-electron chi connectivity index (χ0n) is 11.6. The van der Waals surface area contributed by atoms with E-state index >= 15 is 0 Å². The summed E-state index contributed by atoms with van der Waals surface area (Å²) in [4.78, 5) is 0. The molecular formula is C15H28. The fourth-order valence-corrected chi connectivity index (χ4v) is 0.703. The van der Waals surface area contributed by atoms with E-state index < -0.39 is 0 Å². The first-order chi connectivity index (χ1) is 7.33. The Bertz CT molecular complexity index is 194. The van der Waals surface area contributed by atoms with Crippen molar-refractivity contribution in [2.24, 2.45) is 0 Å². The topological polar surface area (TPSA) is 0 Å². The number of hydrogen-bond acceptors (Lipinski definition) is 0. The Kier molecular flexibility index (Phi) is 24.3. The zero-order valence-corrected chi connectivity index (χ0v) is 11.6. The largest absolute Gasteiger partial charge is 0.0985 e. The van der Waals surface area contributed by atoms with Crippen LogP contribution in [0.15, 0.2) is 30.8 Å². The third kappa shape index (κ3) is 13.0. The lowest BCUT2D eigenvalue weighted by atomic mass is 10.2. The number of aryl methyl sites for hydroxylation is 1. The highest BCUT2D eigenvalue weighted by molar-refractivity contribution is 5.46. The number of hydrogen-bond donors (Lipinski definition) is 0. The Balaban J connectivity index is -0.000000208. The fourth-order valence-electron chi connectivity index (χ4n) is 0.703. The molecule has 0 atom stereocenters. The van der Waals surface area contributed by atoms with E-state index in [1.807, 2.05) is 47.6 Å². The van der Waals surface area contributed by atoms with E-state index in [4.69, 9.17) is 0 Å². The van der Waals surface area contributed by atoms with Gasteiger partial charge in [-0.3, -0.25) is 0 Å². The van der Waals surface area contributed by atoms with Crippen LogP contribution in [0.3, 0.4) is 0 Å². The van der Waals surface area contributed by atoms with Gasteiger partial charge in [-0.1, -0.05) is 84.0 Å². The monoisotopic (exact) mass is 208 g/mol. The molecule has 0 N–H and O–H groups in total. The first-order valence-electron chi connectivity index (χ1n) is 6.02. The Hall–Kier alpha value is -1.04. The van der Waals surface area contributed by atoms with E-state index in [0.29, 0.717) is 0 Å². The van der Waals surface area contributed by atoms with Gasteiger partial charge < -0.3 is 0 Å². The van der Waals surface area contributed by atoms with Crippen molar-refractivity contribution in [1.29, 1.82) is 0 Å². The summed E-state index contributed by atoms with van der Waals surface area (Å²) in [6.45, 7) is 17.7. The molecule has 0 radical (unpaired) electrons.